The first-order valence-corrected chi connectivity index (χ1v) is 8.63. The topological polar surface area (TPSA) is 53.4 Å². The van der Waals surface area contributed by atoms with Crippen molar-refractivity contribution in [1.82, 2.24) is 9.55 Å². The van der Waals surface area contributed by atoms with Crippen LogP contribution in [0.25, 0.3) is 11.0 Å². The molecular formula is C21H21FN2O3. The highest BCUT2D eigenvalue weighted by molar-refractivity contribution is 5.89. The number of hydrogen-bond acceptors (Lipinski definition) is 4. The van der Waals surface area contributed by atoms with E-state index < -0.39 is 5.97 Å². The van der Waals surface area contributed by atoms with Crippen LogP contribution in [0.1, 0.15) is 29.5 Å². The average molecular weight is 368 g/mol. The minimum atomic E-state index is -0.416. The van der Waals surface area contributed by atoms with Crippen LogP contribution in [-0.4, -0.2) is 22.6 Å². The van der Waals surface area contributed by atoms with Crippen molar-refractivity contribution in [2.24, 2.45) is 0 Å². The lowest BCUT2D eigenvalue weighted by Crippen LogP contribution is -2.08. The molecule has 0 saturated carbocycles. The van der Waals surface area contributed by atoms with Gasteiger partial charge in [0.05, 0.1) is 30.0 Å². The van der Waals surface area contributed by atoms with E-state index in [1.807, 2.05) is 28.8 Å². The molecule has 0 bridgehead atoms. The van der Waals surface area contributed by atoms with Gasteiger partial charge in [-0.15, -0.1) is 0 Å². The fourth-order valence-corrected chi connectivity index (χ4v) is 2.81. The van der Waals surface area contributed by atoms with E-state index in [1.54, 1.807) is 31.2 Å². The summed E-state index contributed by atoms with van der Waals surface area (Å²) in [6.45, 7) is 2.60. The number of allylic oxidation sites excluding steroid dienone is 1. The zero-order valence-corrected chi connectivity index (χ0v) is 15.3. The molecule has 1 aromatic heterocycles. The summed E-state index contributed by atoms with van der Waals surface area (Å²) in [5.74, 6) is 0.879. The zero-order chi connectivity index (χ0) is 19.2. The van der Waals surface area contributed by atoms with Gasteiger partial charge in [-0.2, -0.15) is 0 Å². The molecule has 1 heterocycles. The number of methoxy groups -OCH3 is 1. The van der Waals surface area contributed by atoms with Crippen molar-refractivity contribution in [1.29, 1.82) is 0 Å². The lowest BCUT2D eigenvalue weighted by Gasteiger charge is -2.11. The highest BCUT2D eigenvalue weighted by Gasteiger charge is 2.12. The molecule has 0 aliphatic carbocycles. The predicted molar refractivity (Wildman–Crippen MR) is 101 cm³/mol. The quantitative estimate of drug-likeness (QED) is 0.569. The Morgan fingerprint density at radius 1 is 1.22 bits per heavy atom. The first kappa shape index (κ1) is 18.6. The summed E-state index contributed by atoms with van der Waals surface area (Å²) in [7, 11) is 1.34. The summed E-state index contributed by atoms with van der Waals surface area (Å²) in [4.78, 5) is 16.3. The standard InChI is InChI=1S/C21H21FN2O3/c1-15(13-22)10-11-24-19-9-4-3-8-18(19)23-20(24)14-27-17-7-5-6-16(12-17)21(25)26-2/h3-9,12-13H,10-11,14H2,1-2H3/b15-13-. The monoisotopic (exact) mass is 368 g/mol. The number of aryl methyl sites for hydroxylation is 1. The molecule has 0 aliphatic rings. The molecule has 140 valence electrons. The number of hydrogen-bond donors (Lipinski definition) is 0. The maximum Gasteiger partial charge on any atom is 0.337 e. The molecule has 27 heavy (non-hydrogen) atoms. The van der Waals surface area contributed by atoms with Gasteiger partial charge in [-0.25, -0.2) is 14.2 Å². The summed E-state index contributed by atoms with van der Waals surface area (Å²) in [6.07, 6.45) is 1.22. The van der Waals surface area contributed by atoms with Crippen LogP contribution in [0.5, 0.6) is 5.75 Å². The fourth-order valence-electron chi connectivity index (χ4n) is 2.81. The Balaban J connectivity index is 1.83. The molecular weight excluding hydrogens is 347 g/mol. The molecule has 0 aliphatic heterocycles. The van der Waals surface area contributed by atoms with Gasteiger partial charge in [0.1, 0.15) is 18.2 Å². The largest absolute Gasteiger partial charge is 0.486 e. The van der Waals surface area contributed by atoms with Crippen molar-refractivity contribution >= 4 is 17.0 Å². The van der Waals surface area contributed by atoms with Gasteiger partial charge < -0.3 is 14.0 Å². The molecule has 6 heteroatoms. The fraction of sp³-hybridized carbons (Fsp3) is 0.238. The summed E-state index contributed by atoms with van der Waals surface area (Å²) in [5.41, 5.74) is 2.94. The van der Waals surface area contributed by atoms with Gasteiger partial charge in [-0.05, 0) is 49.2 Å². The number of carbonyl (C=O) groups excluding carboxylic acids is 1. The van der Waals surface area contributed by atoms with Crippen LogP contribution in [-0.2, 0) is 17.9 Å². The third-order valence-electron chi connectivity index (χ3n) is 4.27. The van der Waals surface area contributed by atoms with E-state index in [4.69, 9.17) is 9.47 Å². The molecule has 0 atom stereocenters. The Morgan fingerprint density at radius 3 is 2.81 bits per heavy atom. The molecule has 0 radical (unpaired) electrons. The Labute approximate surface area is 157 Å². The summed E-state index contributed by atoms with van der Waals surface area (Å²) in [6, 6.07) is 14.6. The molecule has 5 nitrogen and oxygen atoms in total. The molecule has 0 unspecified atom stereocenters. The number of imidazole rings is 1. The molecule has 3 rings (SSSR count). The van der Waals surface area contributed by atoms with Crippen molar-refractivity contribution in [3.63, 3.8) is 0 Å². The maximum atomic E-state index is 12.7. The number of rotatable bonds is 7. The van der Waals surface area contributed by atoms with E-state index >= 15 is 0 Å². The lowest BCUT2D eigenvalue weighted by atomic mass is 10.2. The smallest absolute Gasteiger partial charge is 0.337 e. The van der Waals surface area contributed by atoms with E-state index in [0.29, 0.717) is 36.2 Å². The van der Waals surface area contributed by atoms with Gasteiger partial charge in [0.15, 0.2) is 0 Å². The number of carbonyl (C=O) groups is 1. The number of benzene rings is 2. The van der Waals surface area contributed by atoms with E-state index in [-0.39, 0.29) is 6.61 Å². The van der Waals surface area contributed by atoms with Crippen LogP contribution in [0.4, 0.5) is 4.39 Å². The number of fused-ring (bicyclic) bond motifs is 1. The van der Waals surface area contributed by atoms with Crippen molar-refractivity contribution in [2.75, 3.05) is 7.11 Å². The van der Waals surface area contributed by atoms with Crippen LogP contribution in [0.2, 0.25) is 0 Å². The van der Waals surface area contributed by atoms with Gasteiger partial charge in [0.25, 0.3) is 0 Å². The third kappa shape index (κ3) is 4.34. The van der Waals surface area contributed by atoms with Gasteiger partial charge >= 0.3 is 5.97 Å². The number of para-hydroxylation sites is 2. The van der Waals surface area contributed by atoms with Crippen LogP contribution in [0.3, 0.4) is 0 Å². The number of ether oxygens (including phenoxy) is 2. The Hall–Kier alpha value is -3.15. The molecule has 2 aromatic carbocycles. The van der Waals surface area contributed by atoms with Crippen molar-refractivity contribution < 1.29 is 18.7 Å². The second-order valence-corrected chi connectivity index (χ2v) is 6.18. The van der Waals surface area contributed by atoms with E-state index in [2.05, 4.69) is 4.98 Å². The summed E-state index contributed by atoms with van der Waals surface area (Å²) >= 11 is 0. The zero-order valence-electron chi connectivity index (χ0n) is 15.3. The summed E-state index contributed by atoms with van der Waals surface area (Å²) in [5, 5.41) is 0. The van der Waals surface area contributed by atoms with E-state index in [1.165, 1.54) is 7.11 Å². The molecule has 0 N–H and O–H groups in total. The number of nitrogens with zero attached hydrogens (tertiary/aromatic N) is 2. The number of halogens is 1. The van der Waals surface area contributed by atoms with Crippen molar-refractivity contribution in [3.05, 3.63) is 71.8 Å². The highest BCUT2D eigenvalue weighted by atomic mass is 19.1. The van der Waals surface area contributed by atoms with Crippen LogP contribution in [0, 0.1) is 0 Å². The first-order chi connectivity index (χ1) is 13.1. The number of esters is 1. The van der Waals surface area contributed by atoms with Crippen LogP contribution < -0.4 is 4.74 Å². The van der Waals surface area contributed by atoms with Gasteiger partial charge in [-0.3, -0.25) is 0 Å². The van der Waals surface area contributed by atoms with Crippen LogP contribution in [0.15, 0.2) is 60.4 Å². The molecule has 0 fully saturated rings. The van der Waals surface area contributed by atoms with E-state index in [9.17, 15) is 9.18 Å². The minimum Gasteiger partial charge on any atom is -0.486 e. The molecule has 0 amide bonds. The normalized spacial score (nSPS) is 11.6. The average Bonchev–Trinajstić information content (AvgIpc) is 3.07. The second kappa shape index (κ2) is 8.49. The van der Waals surface area contributed by atoms with Crippen molar-refractivity contribution in [2.45, 2.75) is 26.5 Å². The molecule has 0 saturated heterocycles. The van der Waals surface area contributed by atoms with Crippen molar-refractivity contribution in [3.8, 4) is 5.75 Å². The first-order valence-electron chi connectivity index (χ1n) is 8.63. The van der Waals surface area contributed by atoms with Gasteiger partial charge in [0.2, 0.25) is 0 Å². The molecule has 3 aromatic rings. The van der Waals surface area contributed by atoms with Gasteiger partial charge in [-0.1, -0.05) is 18.2 Å². The second-order valence-electron chi connectivity index (χ2n) is 6.18. The molecule has 0 spiro atoms. The highest BCUT2D eigenvalue weighted by Crippen LogP contribution is 2.20. The Bertz CT molecular complexity index is 978. The van der Waals surface area contributed by atoms with Gasteiger partial charge in [0, 0.05) is 6.54 Å². The maximum absolute atomic E-state index is 12.7. The Kier molecular flexibility index (Phi) is 5.86. The predicted octanol–water partition coefficient (Wildman–Crippen LogP) is 4.67. The minimum absolute atomic E-state index is 0.234. The Morgan fingerprint density at radius 2 is 2.04 bits per heavy atom. The lowest BCUT2D eigenvalue weighted by molar-refractivity contribution is 0.0600. The SMILES string of the molecule is COC(=O)c1cccc(OCc2nc3ccccc3n2CC/C(C)=C\F)c1. The number of aromatic nitrogens is 2. The van der Waals surface area contributed by atoms with Crippen LogP contribution >= 0.6 is 0 Å². The summed E-state index contributed by atoms with van der Waals surface area (Å²) < 4.78 is 25.3. The third-order valence-corrected chi connectivity index (χ3v) is 4.27. The van der Waals surface area contributed by atoms with E-state index in [0.717, 1.165) is 16.9 Å².